The van der Waals surface area contributed by atoms with Gasteiger partial charge in [-0.3, -0.25) is 14.5 Å². The Kier molecular flexibility index (Phi) is 5.13. The first-order valence-corrected chi connectivity index (χ1v) is 5.56. The number of nitrogens with zero attached hydrogens (tertiary/aromatic N) is 1. The molecule has 0 unspecified atom stereocenters. The van der Waals surface area contributed by atoms with Crippen molar-refractivity contribution >= 4 is 23.2 Å². The first-order valence-electron chi connectivity index (χ1n) is 5.56. The lowest BCUT2D eigenvalue weighted by Crippen LogP contribution is -2.37. The number of hydrogen-bond donors (Lipinski definition) is 3. The van der Waals surface area contributed by atoms with E-state index in [1.165, 1.54) is 0 Å². The van der Waals surface area contributed by atoms with E-state index in [4.69, 9.17) is 5.73 Å². The minimum Gasteiger partial charge on any atom is -0.397 e. The second-order valence-electron chi connectivity index (χ2n) is 3.98. The molecule has 98 valence electrons. The Labute approximate surface area is 106 Å². The Morgan fingerprint density at radius 3 is 2.44 bits per heavy atom. The van der Waals surface area contributed by atoms with Crippen molar-refractivity contribution in [3.63, 3.8) is 0 Å². The molecule has 1 aromatic rings. The van der Waals surface area contributed by atoms with Crippen molar-refractivity contribution in [2.75, 3.05) is 38.2 Å². The molecule has 0 aliphatic rings. The van der Waals surface area contributed by atoms with Gasteiger partial charge in [-0.25, -0.2) is 0 Å². The molecule has 0 bridgehead atoms. The van der Waals surface area contributed by atoms with Crippen LogP contribution in [0.3, 0.4) is 0 Å². The molecule has 0 saturated heterocycles. The molecule has 6 nitrogen and oxygen atoms in total. The summed E-state index contributed by atoms with van der Waals surface area (Å²) in [5, 5.41) is 5.19. The average molecular weight is 250 g/mol. The summed E-state index contributed by atoms with van der Waals surface area (Å²) in [6.45, 7) is 0.302. The molecular weight excluding hydrogens is 232 g/mol. The van der Waals surface area contributed by atoms with E-state index in [1.54, 1.807) is 43.3 Å². The van der Waals surface area contributed by atoms with Crippen molar-refractivity contribution in [3.05, 3.63) is 24.3 Å². The van der Waals surface area contributed by atoms with Crippen LogP contribution in [0.2, 0.25) is 0 Å². The highest BCUT2D eigenvalue weighted by atomic mass is 16.2. The molecule has 0 heterocycles. The topological polar surface area (TPSA) is 87.5 Å². The van der Waals surface area contributed by atoms with Crippen LogP contribution in [0.5, 0.6) is 0 Å². The number of nitrogens with one attached hydrogen (secondary N) is 2. The number of benzene rings is 1. The molecule has 6 heteroatoms. The Morgan fingerprint density at radius 1 is 1.22 bits per heavy atom. The number of para-hydroxylation sites is 2. The summed E-state index contributed by atoms with van der Waals surface area (Å²) in [6.07, 6.45) is 0. The highest BCUT2D eigenvalue weighted by molar-refractivity contribution is 5.95. The standard InChI is InChI=1S/C12H18N4O2/c1-14-11(17)7-16(2)8-12(18)15-10-6-4-3-5-9(10)13/h3-6H,7-8,13H2,1-2H3,(H,14,17)(H,15,18). The second kappa shape index (κ2) is 6.61. The third-order valence-corrected chi connectivity index (χ3v) is 2.34. The Morgan fingerprint density at radius 2 is 1.83 bits per heavy atom. The van der Waals surface area contributed by atoms with E-state index >= 15 is 0 Å². The lowest BCUT2D eigenvalue weighted by atomic mass is 10.2. The van der Waals surface area contributed by atoms with Gasteiger partial charge in [0, 0.05) is 7.05 Å². The maximum absolute atomic E-state index is 11.7. The van der Waals surface area contributed by atoms with Crippen molar-refractivity contribution < 1.29 is 9.59 Å². The molecule has 0 aliphatic heterocycles. The van der Waals surface area contributed by atoms with Gasteiger partial charge in [0.25, 0.3) is 0 Å². The summed E-state index contributed by atoms with van der Waals surface area (Å²) >= 11 is 0. The zero-order valence-electron chi connectivity index (χ0n) is 10.6. The normalized spacial score (nSPS) is 10.2. The van der Waals surface area contributed by atoms with E-state index in [9.17, 15) is 9.59 Å². The van der Waals surface area contributed by atoms with Crippen LogP contribution in [0.25, 0.3) is 0 Å². The van der Waals surface area contributed by atoms with E-state index < -0.39 is 0 Å². The van der Waals surface area contributed by atoms with Crippen LogP contribution in [0.4, 0.5) is 11.4 Å². The number of anilines is 2. The molecule has 0 aliphatic carbocycles. The lowest BCUT2D eigenvalue weighted by molar-refractivity contribution is -0.122. The number of hydrogen-bond acceptors (Lipinski definition) is 4. The fourth-order valence-electron chi connectivity index (χ4n) is 1.43. The zero-order valence-corrected chi connectivity index (χ0v) is 10.6. The van der Waals surface area contributed by atoms with Crippen LogP contribution in [0.15, 0.2) is 24.3 Å². The number of nitrogens with two attached hydrogens (primary N) is 1. The predicted molar refractivity (Wildman–Crippen MR) is 71.0 cm³/mol. The van der Waals surface area contributed by atoms with Gasteiger partial charge >= 0.3 is 0 Å². The van der Waals surface area contributed by atoms with Gasteiger partial charge in [-0.1, -0.05) is 12.1 Å². The molecule has 0 radical (unpaired) electrons. The molecular formula is C12H18N4O2. The fourth-order valence-corrected chi connectivity index (χ4v) is 1.43. The quantitative estimate of drug-likeness (QED) is 0.636. The highest BCUT2D eigenvalue weighted by Gasteiger charge is 2.10. The fraction of sp³-hybridized carbons (Fsp3) is 0.333. The molecule has 0 saturated carbocycles. The largest absolute Gasteiger partial charge is 0.397 e. The number of likely N-dealkylation sites (N-methyl/N-ethyl adjacent to an activating group) is 2. The summed E-state index contributed by atoms with van der Waals surface area (Å²) in [5.74, 6) is -0.344. The number of amides is 2. The van der Waals surface area contributed by atoms with E-state index in [1.807, 2.05) is 0 Å². The highest BCUT2D eigenvalue weighted by Crippen LogP contribution is 2.16. The van der Waals surface area contributed by atoms with Crippen LogP contribution in [-0.4, -0.2) is 43.9 Å². The SMILES string of the molecule is CNC(=O)CN(C)CC(=O)Nc1ccccc1N. The van der Waals surface area contributed by atoms with Gasteiger partial charge in [0.2, 0.25) is 11.8 Å². The average Bonchev–Trinajstić information content (AvgIpc) is 2.31. The lowest BCUT2D eigenvalue weighted by Gasteiger charge is -2.15. The van der Waals surface area contributed by atoms with Crippen molar-refractivity contribution in [3.8, 4) is 0 Å². The molecule has 1 rings (SSSR count). The third-order valence-electron chi connectivity index (χ3n) is 2.34. The van der Waals surface area contributed by atoms with E-state index in [-0.39, 0.29) is 24.9 Å². The smallest absolute Gasteiger partial charge is 0.238 e. The van der Waals surface area contributed by atoms with Crippen LogP contribution >= 0.6 is 0 Å². The molecule has 1 aromatic carbocycles. The predicted octanol–water partition coefficient (Wildman–Crippen LogP) is -0.115. The number of carbonyl (C=O) groups is 2. The van der Waals surface area contributed by atoms with E-state index in [0.29, 0.717) is 11.4 Å². The van der Waals surface area contributed by atoms with Crippen molar-refractivity contribution in [1.82, 2.24) is 10.2 Å². The summed E-state index contributed by atoms with van der Waals surface area (Å²) in [6, 6.07) is 7.03. The number of rotatable bonds is 5. The van der Waals surface area contributed by atoms with Gasteiger partial charge in [-0.2, -0.15) is 0 Å². The minimum atomic E-state index is -0.209. The molecule has 4 N–H and O–H groups in total. The number of nitrogen functional groups attached to an aromatic ring is 1. The van der Waals surface area contributed by atoms with Gasteiger partial charge in [0.05, 0.1) is 24.5 Å². The molecule has 18 heavy (non-hydrogen) atoms. The number of carbonyl (C=O) groups excluding carboxylic acids is 2. The zero-order chi connectivity index (χ0) is 13.5. The van der Waals surface area contributed by atoms with Crippen molar-refractivity contribution in [2.24, 2.45) is 0 Å². The summed E-state index contributed by atoms with van der Waals surface area (Å²) in [5.41, 5.74) is 6.80. The van der Waals surface area contributed by atoms with Gasteiger partial charge < -0.3 is 16.4 Å². The van der Waals surface area contributed by atoms with Gasteiger partial charge in [-0.15, -0.1) is 0 Å². The van der Waals surface area contributed by atoms with Gasteiger partial charge in [0.1, 0.15) is 0 Å². The first-order chi connectivity index (χ1) is 8.52. The Bertz CT molecular complexity index is 434. The van der Waals surface area contributed by atoms with Crippen molar-refractivity contribution in [1.29, 1.82) is 0 Å². The van der Waals surface area contributed by atoms with Crippen LogP contribution in [-0.2, 0) is 9.59 Å². The molecule has 2 amide bonds. The Hall–Kier alpha value is -2.08. The molecule has 0 spiro atoms. The minimum absolute atomic E-state index is 0.127. The van der Waals surface area contributed by atoms with Gasteiger partial charge in [0.15, 0.2) is 0 Å². The van der Waals surface area contributed by atoms with Gasteiger partial charge in [-0.05, 0) is 19.2 Å². The maximum atomic E-state index is 11.7. The second-order valence-corrected chi connectivity index (χ2v) is 3.98. The maximum Gasteiger partial charge on any atom is 0.238 e. The summed E-state index contributed by atoms with van der Waals surface area (Å²) < 4.78 is 0. The van der Waals surface area contributed by atoms with Crippen molar-refractivity contribution in [2.45, 2.75) is 0 Å². The molecule has 0 aromatic heterocycles. The van der Waals surface area contributed by atoms with Crippen LogP contribution in [0.1, 0.15) is 0 Å². The third kappa shape index (κ3) is 4.42. The first kappa shape index (κ1) is 14.0. The van der Waals surface area contributed by atoms with E-state index in [2.05, 4.69) is 10.6 Å². The molecule has 0 atom stereocenters. The Balaban J connectivity index is 2.47. The van der Waals surface area contributed by atoms with Crippen LogP contribution < -0.4 is 16.4 Å². The summed E-state index contributed by atoms with van der Waals surface area (Å²) in [7, 11) is 3.25. The molecule has 0 fully saturated rings. The monoisotopic (exact) mass is 250 g/mol. The van der Waals surface area contributed by atoms with Crippen LogP contribution in [0, 0.1) is 0 Å². The summed E-state index contributed by atoms with van der Waals surface area (Å²) in [4.78, 5) is 24.4. The van der Waals surface area contributed by atoms with E-state index in [0.717, 1.165) is 0 Å².